The van der Waals surface area contributed by atoms with E-state index in [1.54, 1.807) is 4.52 Å². The fourth-order valence-corrected chi connectivity index (χ4v) is 3.69. The van der Waals surface area contributed by atoms with Crippen LogP contribution < -0.4 is 5.73 Å². The van der Waals surface area contributed by atoms with Crippen molar-refractivity contribution in [2.24, 2.45) is 5.73 Å². The molecule has 1 fully saturated rings. The third-order valence-corrected chi connectivity index (χ3v) is 4.98. The van der Waals surface area contributed by atoms with Crippen LogP contribution in [0.2, 0.25) is 0 Å². The minimum absolute atomic E-state index is 0.140. The molecule has 24 heavy (non-hydrogen) atoms. The number of benzene rings is 1. The number of primary amides is 1. The number of likely N-dealkylation sites (tertiary alicyclic amines) is 1. The summed E-state index contributed by atoms with van der Waals surface area (Å²) in [6, 6.07) is 3.01. The molecule has 0 radical (unpaired) electrons. The van der Waals surface area contributed by atoms with Crippen molar-refractivity contribution in [1.82, 2.24) is 19.5 Å². The molecule has 1 amide bonds. The number of imidazole rings is 1. The molecule has 1 aromatic carbocycles. The second-order valence-corrected chi connectivity index (χ2v) is 6.76. The van der Waals surface area contributed by atoms with Crippen molar-refractivity contribution < 1.29 is 9.18 Å². The van der Waals surface area contributed by atoms with Crippen LogP contribution in [0.3, 0.4) is 0 Å². The van der Waals surface area contributed by atoms with Gasteiger partial charge in [0.15, 0.2) is 5.65 Å². The Morgan fingerprint density at radius 3 is 2.92 bits per heavy atom. The Hall–Kier alpha value is -2.41. The number of aromatic nitrogens is 3. The Kier molecular flexibility index (Phi) is 3.35. The van der Waals surface area contributed by atoms with Gasteiger partial charge in [-0.1, -0.05) is 0 Å². The maximum absolute atomic E-state index is 13.8. The number of aromatic amines is 1. The highest BCUT2D eigenvalue weighted by atomic mass is 19.1. The van der Waals surface area contributed by atoms with E-state index in [9.17, 15) is 9.18 Å². The van der Waals surface area contributed by atoms with Gasteiger partial charge in [-0.05, 0) is 32.9 Å². The average molecular weight is 329 g/mol. The summed E-state index contributed by atoms with van der Waals surface area (Å²) in [5.41, 5.74) is 8.37. The maximum Gasteiger partial charge on any atom is 0.251 e. The Balaban J connectivity index is 1.86. The van der Waals surface area contributed by atoms with Gasteiger partial charge in [0.05, 0.1) is 11.1 Å². The number of H-pyrrole nitrogens is 1. The minimum atomic E-state index is -0.663. The van der Waals surface area contributed by atoms with Crippen LogP contribution in [-0.2, 0) is 0 Å². The van der Waals surface area contributed by atoms with Gasteiger partial charge in [-0.25, -0.2) is 13.9 Å². The molecule has 1 unspecified atom stereocenters. The second kappa shape index (κ2) is 5.31. The Labute approximate surface area is 138 Å². The molecule has 3 aromatic rings. The van der Waals surface area contributed by atoms with Gasteiger partial charge >= 0.3 is 0 Å². The lowest BCUT2D eigenvalue weighted by atomic mass is 10.0. The zero-order chi connectivity index (χ0) is 17.0. The van der Waals surface area contributed by atoms with Gasteiger partial charge in [0, 0.05) is 36.3 Å². The molecular weight excluding hydrogens is 309 g/mol. The molecule has 1 aliphatic rings. The molecule has 1 atom stereocenters. The number of nitrogens with two attached hydrogens (primary N) is 1. The van der Waals surface area contributed by atoms with Crippen molar-refractivity contribution >= 4 is 22.6 Å². The Morgan fingerprint density at radius 2 is 2.25 bits per heavy atom. The lowest BCUT2D eigenvalue weighted by Gasteiger charge is -2.19. The van der Waals surface area contributed by atoms with Gasteiger partial charge in [0.1, 0.15) is 11.3 Å². The number of nitrogens with zero attached hydrogens (tertiary/aromatic N) is 3. The SMILES string of the molecule is CC(C)N1CCC(c2c[nH]n3c2nc2cc(F)cc(C(N)=O)c23)C1. The molecule has 0 spiro atoms. The molecule has 1 saturated heterocycles. The monoisotopic (exact) mass is 329 g/mol. The number of hydrogen-bond acceptors (Lipinski definition) is 3. The number of halogens is 1. The van der Waals surface area contributed by atoms with Gasteiger partial charge < -0.3 is 10.6 Å². The highest BCUT2D eigenvalue weighted by Crippen LogP contribution is 2.32. The normalized spacial score (nSPS) is 19.1. The summed E-state index contributed by atoms with van der Waals surface area (Å²) in [5.74, 6) is -0.797. The first-order valence-corrected chi connectivity index (χ1v) is 8.18. The molecule has 0 aliphatic carbocycles. The van der Waals surface area contributed by atoms with Crippen molar-refractivity contribution in [3.63, 3.8) is 0 Å². The minimum Gasteiger partial charge on any atom is -0.366 e. The number of carbonyl (C=O) groups is 1. The van der Waals surface area contributed by atoms with E-state index in [-0.39, 0.29) is 5.56 Å². The van der Waals surface area contributed by atoms with E-state index in [0.29, 0.717) is 23.0 Å². The van der Waals surface area contributed by atoms with E-state index in [1.807, 2.05) is 6.20 Å². The molecule has 2 aromatic heterocycles. The first-order valence-electron chi connectivity index (χ1n) is 8.18. The highest BCUT2D eigenvalue weighted by molar-refractivity contribution is 6.05. The topological polar surface area (TPSA) is 79.4 Å². The van der Waals surface area contributed by atoms with Crippen LogP contribution in [0.5, 0.6) is 0 Å². The summed E-state index contributed by atoms with van der Waals surface area (Å²) in [7, 11) is 0. The molecule has 126 valence electrons. The lowest BCUT2D eigenvalue weighted by molar-refractivity contribution is 0.100. The van der Waals surface area contributed by atoms with Crippen LogP contribution >= 0.6 is 0 Å². The van der Waals surface area contributed by atoms with Gasteiger partial charge in [0.25, 0.3) is 5.91 Å². The Bertz CT molecular complexity index is 941. The van der Waals surface area contributed by atoms with Gasteiger partial charge in [0.2, 0.25) is 0 Å². The van der Waals surface area contributed by atoms with Crippen molar-refractivity contribution in [2.45, 2.75) is 32.2 Å². The van der Waals surface area contributed by atoms with E-state index in [1.165, 1.54) is 6.07 Å². The average Bonchev–Trinajstić information content (AvgIpc) is 3.19. The van der Waals surface area contributed by atoms with Crippen molar-refractivity contribution in [3.05, 3.63) is 35.3 Å². The fourth-order valence-electron chi connectivity index (χ4n) is 3.69. The van der Waals surface area contributed by atoms with E-state index in [4.69, 9.17) is 5.73 Å². The maximum atomic E-state index is 13.8. The van der Waals surface area contributed by atoms with Crippen molar-refractivity contribution in [2.75, 3.05) is 13.1 Å². The third kappa shape index (κ3) is 2.19. The largest absolute Gasteiger partial charge is 0.366 e. The zero-order valence-electron chi connectivity index (χ0n) is 13.7. The van der Waals surface area contributed by atoms with Crippen LogP contribution in [-0.4, -0.2) is 44.5 Å². The first kappa shape index (κ1) is 15.1. The highest BCUT2D eigenvalue weighted by Gasteiger charge is 2.29. The Morgan fingerprint density at radius 1 is 1.46 bits per heavy atom. The first-order chi connectivity index (χ1) is 11.5. The number of rotatable bonds is 3. The summed E-state index contributed by atoms with van der Waals surface area (Å²) in [4.78, 5) is 18.7. The molecule has 3 N–H and O–H groups in total. The number of fused-ring (bicyclic) bond motifs is 3. The van der Waals surface area contributed by atoms with Gasteiger partial charge in [-0.2, -0.15) is 0 Å². The van der Waals surface area contributed by atoms with Crippen LogP contribution in [0.4, 0.5) is 4.39 Å². The van der Waals surface area contributed by atoms with Gasteiger partial charge in [-0.3, -0.25) is 9.89 Å². The number of amides is 1. The van der Waals surface area contributed by atoms with Crippen LogP contribution in [0.1, 0.15) is 42.1 Å². The molecule has 6 nitrogen and oxygen atoms in total. The summed E-state index contributed by atoms with van der Waals surface area (Å²) in [6.45, 7) is 6.42. The summed E-state index contributed by atoms with van der Waals surface area (Å²) < 4.78 is 15.5. The number of nitrogens with one attached hydrogen (secondary N) is 1. The summed E-state index contributed by atoms with van der Waals surface area (Å²) in [5, 5.41) is 3.15. The van der Waals surface area contributed by atoms with Crippen LogP contribution in [0.25, 0.3) is 16.7 Å². The summed E-state index contributed by atoms with van der Waals surface area (Å²) >= 11 is 0. The second-order valence-electron chi connectivity index (χ2n) is 6.76. The fraction of sp³-hybridized carbons (Fsp3) is 0.412. The molecule has 1 aliphatic heterocycles. The molecule has 4 rings (SSSR count). The smallest absolute Gasteiger partial charge is 0.251 e. The van der Waals surface area contributed by atoms with Crippen LogP contribution in [0.15, 0.2) is 18.3 Å². The van der Waals surface area contributed by atoms with E-state index in [0.717, 1.165) is 36.8 Å². The molecule has 3 heterocycles. The number of hydrogen-bond donors (Lipinski definition) is 2. The predicted molar refractivity (Wildman–Crippen MR) is 89.6 cm³/mol. The lowest BCUT2D eigenvalue weighted by Crippen LogP contribution is -2.27. The molecular formula is C17H20FN5O. The molecule has 7 heteroatoms. The molecule has 0 bridgehead atoms. The van der Waals surface area contributed by atoms with Crippen molar-refractivity contribution in [1.29, 1.82) is 0 Å². The third-order valence-electron chi connectivity index (χ3n) is 4.98. The van der Waals surface area contributed by atoms with E-state index in [2.05, 4.69) is 28.8 Å². The van der Waals surface area contributed by atoms with Crippen LogP contribution in [0, 0.1) is 5.82 Å². The predicted octanol–water partition coefficient (Wildman–Crippen LogP) is 2.25. The van der Waals surface area contributed by atoms with E-state index < -0.39 is 11.7 Å². The zero-order valence-corrected chi connectivity index (χ0v) is 13.7. The quantitative estimate of drug-likeness (QED) is 0.773. The molecule has 0 saturated carbocycles. The summed E-state index contributed by atoms with van der Waals surface area (Å²) in [6.07, 6.45) is 3.00. The van der Waals surface area contributed by atoms with E-state index >= 15 is 0 Å². The van der Waals surface area contributed by atoms with Crippen molar-refractivity contribution in [3.8, 4) is 0 Å². The number of carbonyl (C=O) groups excluding carboxylic acids is 1. The van der Waals surface area contributed by atoms with Gasteiger partial charge in [-0.15, -0.1) is 0 Å². The standard InChI is InChI=1S/C17H20FN5O/c1-9(2)22-4-3-10(8-22)13-7-20-23-15-12(16(19)24)5-11(18)6-14(15)21-17(13)23/h5-7,9-10,20H,3-4,8H2,1-2H3,(H2,19,24).